The van der Waals surface area contributed by atoms with Gasteiger partial charge in [-0.15, -0.1) is 0 Å². The molecule has 3 aromatic rings. The first kappa shape index (κ1) is 28.4. The molecule has 4 rings (SSSR count). The smallest absolute Gasteiger partial charge is 0.412 e. The molecule has 40 heavy (non-hydrogen) atoms. The Balaban J connectivity index is 1.27. The van der Waals surface area contributed by atoms with Gasteiger partial charge in [0, 0.05) is 31.7 Å². The highest BCUT2D eigenvalue weighted by Crippen LogP contribution is 2.21. The van der Waals surface area contributed by atoms with Gasteiger partial charge in [-0.2, -0.15) is 0 Å². The van der Waals surface area contributed by atoms with Crippen LogP contribution < -0.4 is 10.6 Å². The van der Waals surface area contributed by atoms with Crippen molar-refractivity contribution < 1.29 is 23.9 Å². The van der Waals surface area contributed by atoms with E-state index in [2.05, 4.69) is 10.6 Å². The van der Waals surface area contributed by atoms with E-state index in [1.807, 2.05) is 42.5 Å². The van der Waals surface area contributed by atoms with E-state index in [4.69, 9.17) is 4.74 Å². The minimum absolute atomic E-state index is 0.129. The summed E-state index contributed by atoms with van der Waals surface area (Å²) in [5, 5.41) is 5.35. The largest absolute Gasteiger partial charge is 0.444 e. The van der Waals surface area contributed by atoms with Gasteiger partial charge in [0.25, 0.3) is 11.8 Å². The minimum atomic E-state index is -0.668. The van der Waals surface area contributed by atoms with Crippen molar-refractivity contribution in [2.45, 2.75) is 26.4 Å². The molecule has 2 N–H and O–H groups in total. The van der Waals surface area contributed by atoms with Crippen LogP contribution in [0.15, 0.2) is 78.9 Å². The van der Waals surface area contributed by atoms with E-state index in [1.54, 1.807) is 67.0 Å². The summed E-state index contributed by atoms with van der Waals surface area (Å²) in [5.74, 6) is -0.782. The predicted octanol–water partition coefficient (Wildman–Crippen LogP) is 4.42. The molecule has 0 bridgehead atoms. The van der Waals surface area contributed by atoms with Crippen LogP contribution >= 0.6 is 0 Å². The minimum Gasteiger partial charge on any atom is -0.444 e. The molecule has 0 radical (unpaired) electrons. The average Bonchev–Trinajstić information content (AvgIpc) is 2.95. The number of nitrogens with zero attached hydrogens (tertiary/aromatic N) is 2. The fourth-order valence-electron chi connectivity index (χ4n) is 4.34. The average molecular weight is 543 g/mol. The van der Waals surface area contributed by atoms with E-state index < -0.39 is 11.7 Å². The Bertz CT molecular complexity index is 1360. The number of piperazine rings is 1. The number of hydrogen-bond acceptors (Lipinski definition) is 5. The van der Waals surface area contributed by atoms with Gasteiger partial charge in [-0.1, -0.05) is 54.6 Å². The topological polar surface area (TPSA) is 108 Å². The first-order valence-corrected chi connectivity index (χ1v) is 13.2. The highest BCUT2D eigenvalue weighted by atomic mass is 16.6. The summed E-state index contributed by atoms with van der Waals surface area (Å²) in [6, 6.07) is 23.9. The molecule has 0 unspecified atom stereocenters. The lowest BCUT2D eigenvalue weighted by molar-refractivity contribution is -0.131. The van der Waals surface area contributed by atoms with Crippen molar-refractivity contribution in [1.29, 1.82) is 0 Å². The van der Waals surface area contributed by atoms with Gasteiger partial charge in [0.15, 0.2) is 0 Å². The van der Waals surface area contributed by atoms with Gasteiger partial charge in [-0.05, 0) is 56.2 Å². The number of anilines is 1. The molecule has 4 amide bonds. The lowest BCUT2D eigenvalue weighted by Gasteiger charge is -2.35. The second kappa shape index (κ2) is 12.5. The number of nitrogens with one attached hydrogen (secondary N) is 2. The molecule has 0 atom stereocenters. The second-order valence-electron chi connectivity index (χ2n) is 10.5. The van der Waals surface area contributed by atoms with Crippen LogP contribution in [-0.4, -0.2) is 71.9 Å². The normalized spacial score (nSPS) is 13.4. The number of ether oxygens (including phenoxy) is 1. The van der Waals surface area contributed by atoms with E-state index in [0.29, 0.717) is 43.0 Å². The summed E-state index contributed by atoms with van der Waals surface area (Å²) in [6.45, 7) is 6.51. The van der Waals surface area contributed by atoms with Crippen LogP contribution in [0.3, 0.4) is 0 Å². The lowest BCUT2D eigenvalue weighted by Crippen LogP contribution is -2.52. The zero-order chi connectivity index (χ0) is 28.7. The SMILES string of the molecule is CC(C)(C)OC(=O)Nc1ccccc1C(=O)N1CCN(C(=O)CNC(=O)c2ccc(-c3ccccc3)cc2)CC1. The molecule has 208 valence electrons. The Morgan fingerprint density at radius 3 is 1.98 bits per heavy atom. The van der Waals surface area contributed by atoms with Crippen LogP contribution in [0.25, 0.3) is 11.1 Å². The maximum Gasteiger partial charge on any atom is 0.412 e. The summed E-state index contributed by atoms with van der Waals surface area (Å²) in [5.41, 5.74) is 2.58. The van der Waals surface area contributed by atoms with Gasteiger partial charge in [-0.25, -0.2) is 4.79 Å². The molecule has 1 saturated heterocycles. The van der Waals surface area contributed by atoms with E-state index >= 15 is 0 Å². The van der Waals surface area contributed by atoms with Crippen molar-refractivity contribution in [2.75, 3.05) is 38.0 Å². The molecule has 1 aliphatic heterocycles. The second-order valence-corrected chi connectivity index (χ2v) is 10.5. The van der Waals surface area contributed by atoms with Crippen LogP contribution in [0.4, 0.5) is 10.5 Å². The maximum atomic E-state index is 13.2. The van der Waals surface area contributed by atoms with Gasteiger partial charge in [0.1, 0.15) is 5.60 Å². The summed E-state index contributed by atoms with van der Waals surface area (Å²) in [7, 11) is 0. The molecule has 0 saturated carbocycles. The fraction of sp³-hybridized carbons (Fsp3) is 0.290. The third-order valence-corrected chi connectivity index (χ3v) is 6.37. The Labute approximate surface area is 234 Å². The Kier molecular flexibility index (Phi) is 8.83. The molecular weight excluding hydrogens is 508 g/mol. The van der Waals surface area contributed by atoms with Crippen LogP contribution in [0.5, 0.6) is 0 Å². The molecule has 9 nitrogen and oxygen atoms in total. The zero-order valence-electron chi connectivity index (χ0n) is 23.0. The van der Waals surface area contributed by atoms with E-state index in [1.165, 1.54) is 0 Å². The van der Waals surface area contributed by atoms with Gasteiger partial charge in [0.05, 0.1) is 17.8 Å². The Morgan fingerprint density at radius 1 is 0.750 bits per heavy atom. The van der Waals surface area contributed by atoms with Crippen molar-refractivity contribution in [2.24, 2.45) is 0 Å². The highest BCUT2D eigenvalue weighted by Gasteiger charge is 2.27. The van der Waals surface area contributed by atoms with E-state index in [0.717, 1.165) is 11.1 Å². The number of hydrogen-bond donors (Lipinski definition) is 2. The predicted molar refractivity (Wildman–Crippen MR) is 153 cm³/mol. The van der Waals surface area contributed by atoms with Crippen molar-refractivity contribution >= 4 is 29.5 Å². The van der Waals surface area contributed by atoms with Crippen molar-refractivity contribution in [3.8, 4) is 11.1 Å². The fourth-order valence-corrected chi connectivity index (χ4v) is 4.34. The third kappa shape index (κ3) is 7.47. The number of carbonyl (C=O) groups excluding carboxylic acids is 4. The molecule has 1 fully saturated rings. The summed E-state index contributed by atoms with van der Waals surface area (Å²) in [6.07, 6.45) is -0.641. The van der Waals surface area contributed by atoms with Crippen molar-refractivity contribution in [1.82, 2.24) is 15.1 Å². The molecule has 0 aliphatic carbocycles. The van der Waals surface area contributed by atoms with Gasteiger partial charge in [-0.3, -0.25) is 19.7 Å². The van der Waals surface area contributed by atoms with Crippen LogP contribution in [-0.2, 0) is 9.53 Å². The standard InChI is InChI=1S/C31H34N4O5/c1-31(2,3)40-30(39)33-26-12-8-7-11-25(26)29(38)35-19-17-34(18-20-35)27(36)21-32-28(37)24-15-13-23(14-16-24)22-9-5-4-6-10-22/h4-16H,17-21H2,1-3H3,(H,32,37)(H,33,39). The van der Waals surface area contributed by atoms with Crippen molar-refractivity contribution in [3.63, 3.8) is 0 Å². The summed E-state index contributed by atoms with van der Waals surface area (Å²) < 4.78 is 5.30. The van der Waals surface area contributed by atoms with Gasteiger partial charge >= 0.3 is 6.09 Å². The number of benzene rings is 3. The third-order valence-electron chi connectivity index (χ3n) is 6.37. The zero-order valence-corrected chi connectivity index (χ0v) is 23.0. The molecule has 0 spiro atoms. The first-order valence-electron chi connectivity index (χ1n) is 13.2. The van der Waals surface area contributed by atoms with Crippen LogP contribution in [0.2, 0.25) is 0 Å². The molecule has 1 heterocycles. The first-order chi connectivity index (χ1) is 19.1. The van der Waals surface area contributed by atoms with Gasteiger partial charge in [0.2, 0.25) is 5.91 Å². The Hall–Kier alpha value is -4.66. The summed E-state index contributed by atoms with van der Waals surface area (Å²) in [4.78, 5) is 54.1. The Morgan fingerprint density at radius 2 is 1.32 bits per heavy atom. The quantitative estimate of drug-likeness (QED) is 0.480. The van der Waals surface area contributed by atoms with E-state index in [9.17, 15) is 19.2 Å². The monoisotopic (exact) mass is 542 g/mol. The van der Waals surface area contributed by atoms with Gasteiger partial charge < -0.3 is 19.9 Å². The molecule has 0 aromatic heterocycles. The molecule has 1 aliphatic rings. The highest BCUT2D eigenvalue weighted by molar-refractivity contribution is 6.03. The lowest BCUT2D eigenvalue weighted by atomic mass is 10.0. The number of carbonyl (C=O) groups is 4. The maximum absolute atomic E-state index is 13.2. The van der Waals surface area contributed by atoms with Crippen LogP contribution in [0.1, 0.15) is 41.5 Å². The molecule has 9 heteroatoms. The number of para-hydroxylation sites is 1. The summed E-state index contributed by atoms with van der Waals surface area (Å²) >= 11 is 0. The van der Waals surface area contributed by atoms with Crippen molar-refractivity contribution in [3.05, 3.63) is 90.0 Å². The van der Waals surface area contributed by atoms with Crippen LogP contribution in [0, 0.1) is 0 Å². The number of rotatable bonds is 6. The molecule has 3 aromatic carbocycles. The molecular formula is C31H34N4O5. The number of amides is 4. The van der Waals surface area contributed by atoms with E-state index in [-0.39, 0.29) is 24.3 Å².